The molecule has 1 atom stereocenters. The van der Waals surface area contributed by atoms with Gasteiger partial charge in [0.15, 0.2) is 0 Å². The van der Waals surface area contributed by atoms with Crippen LogP contribution in [0.2, 0.25) is 0 Å². The SMILES string of the molecule is C=CC(=O)OCCC(=O)Oc1ccc(C(CC)C(C)(C)C)cc1. The average Bonchev–Trinajstić information content (AvgIpc) is 2.48. The van der Waals surface area contributed by atoms with Crippen LogP contribution in [-0.4, -0.2) is 18.5 Å². The smallest absolute Gasteiger partial charge is 0.330 e. The van der Waals surface area contributed by atoms with Gasteiger partial charge in [0, 0.05) is 6.08 Å². The molecule has 1 unspecified atom stereocenters. The Labute approximate surface area is 138 Å². The van der Waals surface area contributed by atoms with E-state index in [9.17, 15) is 9.59 Å². The highest BCUT2D eigenvalue weighted by Gasteiger charge is 2.24. The Morgan fingerprint density at radius 1 is 1.22 bits per heavy atom. The second-order valence-corrected chi connectivity index (χ2v) is 6.49. The second kappa shape index (κ2) is 8.51. The van der Waals surface area contributed by atoms with Crippen LogP contribution in [0.4, 0.5) is 0 Å². The molecule has 126 valence electrons. The van der Waals surface area contributed by atoms with Crippen LogP contribution in [0.5, 0.6) is 5.75 Å². The Hall–Kier alpha value is -2.10. The van der Waals surface area contributed by atoms with Crippen molar-refractivity contribution in [1.82, 2.24) is 0 Å². The molecular weight excluding hydrogens is 292 g/mol. The molecule has 0 fully saturated rings. The van der Waals surface area contributed by atoms with E-state index in [4.69, 9.17) is 9.47 Å². The summed E-state index contributed by atoms with van der Waals surface area (Å²) >= 11 is 0. The highest BCUT2D eigenvalue weighted by atomic mass is 16.5. The first-order chi connectivity index (χ1) is 10.8. The lowest BCUT2D eigenvalue weighted by atomic mass is 9.75. The Bertz CT molecular complexity index is 537. The molecule has 1 aromatic carbocycles. The Kier molecular flexibility index (Phi) is 7.01. The molecule has 0 amide bonds. The molecular formula is C19H26O4. The maximum atomic E-state index is 11.7. The summed E-state index contributed by atoms with van der Waals surface area (Å²) in [5.74, 6) is -0.0319. The van der Waals surface area contributed by atoms with Crippen molar-refractivity contribution >= 4 is 11.9 Å². The minimum atomic E-state index is -0.546. The molecule has 0 aliphatic heterocycles. The zero-order chi connectivity index (χ0) is 17.5. The van der Waals surface area contributed by atoms with Gasteiger partial charge in [-0.25, -0.2) is 4.79 Å². The van der Waals surface area contributed by atoms with Crippen LogP contribution in [-0.2, 0) is 14.3 Å². The molecule has 4 heteroatoms. The van der Waals surface area contributed by atoms with Gasteiger partial charge in [-0.1, -0.05) is 46.4 Å². The third-order valence-electron chi connectivity index (χ3n) is 3.68. The normalized spacial score (nSPS) is 12.3. The van der Waals surface area contributed by atoms with Gasteiger partial charge in [-0.3, -0.25) is 4.79 Å². The highest BCUT2D eigenvalue weighted by Crippen LogP contribution is 2.37. The van der Waals surface area contributed by atoms with Crippen LogP contribution in [0.3, 0.4) is 0 Å². The number of carbonyl (C=O) groups is 2. The molecule has 0 N–H and O–H groups in total. The first kappa shape index (κ1) is 18.9. The summed E-state index contributed by atoms with van der Waals surface area (Å²) in [5, 5.41) is 0. The van der Waals surface area contributed by atoms with Crippen molar-refractivity contribution in [3.05, 3.63) is 42.5 Å². The van der Waals surface area contributed by atoms with Crippen LogP contribution in [0.25, 0.3) is 0 Å². The van der Waals surface area contributed by atoms with Gasteiger partial charge in [0.1, 0.15) is 12.4 Å². The molecule has 4 nitrogen and oxygen atoms in total. The van der Waals surface area contributed by atoms with Crippen molar-refractivity contribution in [1.29, 1.82) is 0 Å². The lowest BCUT2D eigenvalue weighted by Gasteiger charge is -2.30. The van der Waals surface area contributed by atoms with Gasteiger partial charge in [-0.2, -0.15) is 0 Å². The fraction of sp³-hybridized carbons (Fsp3) is 0.474. The maximum Gasteiger partial charge on any atom is 0.330 e. The van der Waals surface area contributed by atoms with E-state index < -0.39 is 11.9 Å². The van der Waals surface area contributed by atoms with Crippen molar-refractivity contribution in [3.63, 3.8) is 0 Å². The van der Waals surface area contributed by atoms with Crippen LogP contribution in [0.15, 0.2) is 36.9 Å². The average molecular weight is 318 g/mol. The van der Waals surface area contributed by atoms with Crippen LogP contribution >= 0.6 is 0 Å². The van der Waals surface area contributed by atoms with Crippen LogP contribution < -0.4 is 4.74 Å². The molecule has 0 saturated heterocycles. The lowest BCUT2D eigenvalue weighted by Crippen LogP contribution is -2.17. The standard InChI is InChI=1S/C19H26O4/c1-6-16(19(3,4)5)14-8-10-15(11-9-14)23-18(21)12-13-22-17(20)7-2/h7-11,16H,2,6,12-13H2,1,3-5H3. The van der Waals surface area contributed by atoms with Crippen LogP contribution in [0.1, 0.15) is 52.0 Å². The number of hydrogen-bond donors (Lipinski definition) is 0. The largest absolute Gasteiger partial charge is 0.462 e. The lowest BCUT2D eigenvalue weighted by molar-refractivity contribution is -0.141. The summed E-state index contributed by atoms with van der Waals surface area (Å²) in [7, 11) is 0. The Morgan fingerprint density at radius 3 is 2.30 bits per heavy atom. The van der Waals surface area contributed by atoms with E-state index in [1.807, 2.05) is 12.1 Å². The van der Waals surface area contributed by atoms with E-state index in [1.54, 1.807) is 12.1 Å². The summed E-state index contributed by atoms with van der Waals surface area (Å²) < 4.78 is 9.97. The topological polar surface area (TPSA) is 52.6 Å². The van der Waals surface area contributed by atoms with Crippen molar-refractivity contribution < 1.29 is 19.1 Å². The molecule has 0 spiro atoms. The van der Waals surface area contributed by atoms with Crippen LogP contribution in [0, 0.1) is 5.41 Å². The van der Waals surface area contributed by atoms with Crippen molar-refractivity contribution in [2.45, 2.75) is 46.5 Å². The summed E-state index contributed by atoms with van der Waals surface area (Å²) in [6, 6.07) is 7.61. The predicted octanol–water partition coefficient (Wildman–Crippen LogP) is 4.25. The maximum absolute atomic E-state index is 11.7. The van der Waals surface area contributed by atoms with E-state index in [1.165, 1.54) is 5.56 Å². The molecule has 23 heavy (non-hydrogen) atoms. The second-order valence-electron chi connectivity index (χ2n) is 6.49. The minimum Gasteiger partial charge on any atom is -0.462 e. The first-order valence-corrected chi connectivity index (χ1v) is 7.87. The third kappa shape index (κ3) is 6.27. The van der Waals surface area contributed by atoms with E-state index in [0.717, 1.165) is 12.5 Å². The van der Waals surface area contributed by atoms with Crippen molar-refractivity contribution in [3.8, 4) is 5.75 Å². The van der Waals surface area contributed by atoms with E-state index in [0.29, 0.717) is 11.7 Å². The number of rotatable bonds is 7. The Morgan fingerprint density at radius 2 is 1.83 bits per heavy atom. The number of carbonyl (C=O) groups excluding carboxylic acids is 2. The zero-order valence-corrected chi connectivity index (χ0v) is 14.4. The molecule has 1 rings (SSSR count). The predicted molar refractivity (Wildman–Crippen MR) is 90.3 cm³/mol. The summed E-state index contributed by atoms with van der Waals surface area (Å²) in [6.45, 7) is 12.1. The van der Waals surface area contributed by atoms with Gasteiger partial charge in [-0.05, 0) is 35.4 Å². The first-order valence-electron chi connectivity index (χ1n) is 7.87. The molecule has 0 aromatic heterocycles. The fourth-order valence-corrected chi connectivity index (χ4v) is 2.59. The van der Waals surface area contributed by atoms with Gasteiger partial charge in [0.25, 0.3) is 0 Å². The minimum absolute atomic E-state index is 0.0102. The molecule has 0 aliphatic carbocycles. The van der Waals surface area contributed by atoms with Crippen molar-refractivity contribution in [2.75, 3.05) is 6.61 Å². The van der Waals surface area contributed by atoms with Crippen molar-refractivity contribution in [2.24, 2.45) is 5.41 Å². The zero-order valence-electron chi connectivity index (χ0n) is 14.4. The molecule has 1 aromatic rings. The molecule has 0 aliphatic rings. The van der Waals surface area contributed by atoms with Gasteiger partial charge >= 0.3 is 11.9 Å². The number of esters is 2. The quantitative estimate of drug-likeness (QED) is 0.428. The molecule has 0 radical (unpaired) electrons. The summed E-state index contributed by atoms with van der Waals surface area (Å²) in [6.07, 6.45) is 2.13. The monoisotopic (exact) mass is 318 g/mol. The van der Waals surface area contributed by atoms with E-state index >= 15 is 0 Å². The molecule has 0 heterocycles. The fourth-order valence-electron chi connectivity index (χ4n) is 2.59. The van der Waals surface area contributed by atoms with E-state index in [2.05, 4.69) is 34.3 Å². The van der Waals surface area contributed by atoms with Gasteiger partial charge in [0.2, 0.25) is 0 Å². The summed E-state index contributed by atoms with van der Waals surface area (Å²) in [5.41, 5.74) is 1.42. The summed E-state index contributed by atoms with van der Waals surface area (Å²) in [4.78, 5) is 22.5. The number of hydrogen-bond acceptors (Lipinski definition) is 4. The van der Waals surface area contributed by atoms with Gasteiger partial charge in [0.05, 0.1) is 6.42 Å². The third-order valence-corrected chi connectivity index (χ3v) is 3.68. The molecule has 0 bridgehead atoms. The van der Waals surface area contributed by atoms with E-state index in [-0.39, 0.29) is 18.4 Å². The van der Waals surface area contributed by atoms with Gasteiger partial charge in [-0.15, -0.1) is 0 Å². The highest BCUT2D eigenvalue weighted by molar-refractivity contribution is 5.81. The number of ether oxygens (including phenoxy) is 2. The molecule has 0 saturated carbocycles. The number of benzene rings is 1. The Balaban J connectivity index is 2.58. The van der Waals surface area contributed by atoms with Gasteiger partial charge < -0.3 is 9.47 Å².